The zero-order valence-corrected chi connectivity index (χ0v) is 16.8. The molecule has 2 aliphatic rings. The van der Waals surface area contributed by atoms with Crippen LogP contribution in [0.4, 0.5) is 19.0 Å². The number of aromatic nitrogens is 5. The number of aliphatic hydroxyl groups excluding tert-OH is 1. The summed E-state index contributed by atoms with van der Waals surface area (Å²) in [6.07, 6.45) is 0.464. The summed E-state index contributed by atoms with van der Waals surface area (Å²) in [5, 5.41) is 20.1. The number of fused-ring (bicyclic) bond motifs is 1. The van der Waals surface area contributed by atoms with E-state index in [4.69, 9.17) is 0 Å². The van der Waals surface area contributed by atoms with E-state index in [0.29, 0.717) is 5.56 Å². The molecule has 3 aromatic heterocycles. The van der Waals surface area contributed by atoms with Gasteiger partial charge in [0.15, 0.2) is 11.3 Å². The fourth-order valence-corrected chi connectivity index (χ4v) is 4.48. The molecule has 0 bridgehead atoms. The highest BCUT2D eigenvalue weighted by Crippen LogP contribution is 2.36. The summed E-state index contributed by atoms with van der Waals surface area (Å²) in [6.45, 7) is -0.185. The molecule has 5 rings (SSSR count). The van der Waals surface area contributed by atoms with Crippen molar-refractivity contribution in [2.75, 3.05) is 11.9 Å². The molecular formula is C20H20F3N7O2. The standard InChI is InChI=1S/C20H20F3N7O2/c21-10-2-13(15(31)4-10)27-18-16-17(28-29-19(16)26-8-25-18)20(32)30-7-12(23)3-14(30)9-1-11(22)6-24-5-9/h1,5-6,8,10,12-15,31H,2-4,7H2,(H2,25,26,27,28,29)/t10-,12-,13-,14+,15-/m0/s1. The van der Waals surface area contributed by atoms with Gasteiger partial charge in [0.2, 0.25) is 0 Å². The molecule has 1 aliphatic carbocycles. The van der Waals surface area contributed by atoms with Crippen LogP contribution in [0.1, 0.15) is 41.4 Å². The number of H-pyrrole nitrogens is 1. The second-order valence-electron chi connectivity index (χ2n) is 8.15. The summed E-state index contributed by atoms with van der Waals surface area (Å²) >= 11 is 0. The molecule has 4 heterocycles. The number of nitrogens with zero attached hydrogens (tertiary/aromatic N) is 5. The smallest absolute Gasteiger partial charge is 0.275 e. The lowest BCUT2D eigenvalue weighted by Gasteiger charge is -2.24. The third-order valence-electron chi connectivity index (χ3n) is 5.98. The van der Waals surface area contributed by atoms with Gasteiger partial charge in [0, 0.05) is 25.5 Å². The van der Waals surface area contributed by atoms with Crippen LogP contribution in [-0.2, 0) is 0 Å². The number of nitrogens with one attached hydrogen (secondary N) is 2. The van der Waals surface area contributed by atoms with Gasteiger partial charge in [0.1, 0.15) is 30.3 Å². The van der Waals surface area contributed by atoms with Crippen LogP contribution in [0.3, 0.4) is 0 Å². The molecule has 1 aliphatic heterocycles. The number of hydrogen-bond donors (Lipinski definition) is 3. The SMILES string of the molecule is O=C(c1n[nH]c2ncnc(N[C@H]3C[C@H](F)C[C@@H]3O)c12)N1C[C@@H](F)C[C@@H]1c1cncc(F)c1. The van der Waals surface area contributed by atoms with E-state index in [1.54, 1.807) is 0 Å². The number of pyridine rings is 1. The van der Waals surface area contributed by atoms with Crippen LogP contribution in [0, 0.1) is 5.82 Å². The first kappa shape index (κ1) is 20.6. The maximum Gasteiger partial charge on any atom is 0.275 e. The van der Waals surface area contributed by atoms with E-state index in [9.17, 15) is 23.1 Å². The molecule has 5 atom stereocenters. The van der Waals surface area contributed by atoms with E-state index in [1.165, 1.54) is 23.5 Å². The Labute approximate surface area is 180 Å². The maximum atomic E-state index is 14.3. The van der Waals surface area contributed by atoms with Crippen LogP contribution in [0.25, 0.3) is 11.0 Å². The lowest BCUT2D eigenvalue weighted by Crippen LogP contribution is -2.32. The fourth-order valence-electron chi connectivity index (χ4n) is 4.48. The van der Waals surface area contributed by atoms with E-state index in [2.05, 4.69) is 30.5 Å². The Morgan fingerprint density at radius 1 is 1.19 bits per heavy atom. The van der Waals surface area contributed by atoms with Crippen LogP contribution < -0.4 is 5.32 Å². The number of anilines is 1. The largest absolute Gasteiger partial charge is 0.391 e. The van der Waals surface area contributed by atoms with Gasteiger partial charge < -0.3 is 15.3 Å². The minimum Gasteiger partial charge on any atom is -0.391 e. The number of aromatic amines is 1. The van der Waals surface area contributed by atoms with Gasteiger partial charge in [0.25, 0.3) is 5.91 Å². The topological polar surface area (TPSA) is 120 Å². The van der Waals surface area contributed by atoms with Gasteiger partial charge >= 0.3 is 0 Å². The zero-order valence-electron chi connectivity index (χ0n) is 16.8. The van der Waals surface area contributed by atoms with Gasteiger partial charge in [-0.2, -0.15) is 5.10 Å². The molecular weight excluding hydrogens is 427 g/mol. The Hall–Kier alpha value is -3.28. The lowest BCUT2D eigenvalue weighted by molar-refractivity contribution is 0.0724. The van der Waals surface area contributed by atoms with Crippen molar-refractivity contribution in [1.29, 1.82) is 0 Å². The predicted molar refractivity (Wildman–Crippen MR) is 107 cm³/mol. The van der Waals surface area contributed by atoms with E-state index >= 15 is 0 Å². The Kier molecular flexibility index (Phi) is 5.16. The molecule has 3 N–H and O–H groups in total. The first-order chi connectivity index (χ1) is 15.4. The summed E-state index contributed by atoms with van der Waals surface area (Å²) in [5.74, 6) is -0.951. The van der Waals surface area contributed by atoms with Crippen molar-refractivity contribution in [2.24, 2.45) is 0 Å². The van der Waals surface area contributed by atoms with Crippen LogP contribution in [-0.4, -0.2) is 72.1 Å². The molecule has 0 unspecified atom stereocenters. The van der Waals surface area contributed by atoms with E-state index in [-0.39, 0.29) is 48.4 Å². The van der Waals surface area contributed by atoms with Gasteiger partial charge in [-0.05, 0) is 11.6 Å². The Morgan fingerprint density at radius 2 is 2.03 bits per heavy atom. The van der Waals surface area contributed by atoms with Gasteiger partial charge in [-0.3, -0.25) is 14.9 Å². The van der Waals surface area contributed by atoms with Crippen molar-refractivity contribution in [3.05, 3.63) is 41.9 Å². The van der Waals surface area contributed by atoms with Crippen molar-refractivity contribution < 1.29 is 23.1 Å². The van der Waals surface area contributed by atoms with Gasteiger partial charge in [-0.1, -0.05) is 0 Å². The second-order valence-corrected chi connectivity index (χ2v) is 8.15. The third kappa shape index (κ3) is 3.64. The highest BCUT2D eigenvalue weighted by atomic mass is 19.1. The number of aliphatic hydroxyl groups is 1. The molecule has 0 radical (unpaired) electrons. The van der Waals surface area contributed by atoms with Gasteiger partial charge in [0.05, 0.1) is 36.3 Å². The highest BCUT2D eigenvalue weighted by Gasteiger charge is 2.39. The van der Waals surface area contributed by atoms with E-state index < -0.39 is 42.3 Å². The maximum absolute atomic E-state index is 14.3. The summed E-state index contributed by atoms with van der Waals surface area (Å²) in [5.41, 5.74) is 0.599. The van der Waals surface area contributed by atoms with Crippen molar-refractivity contribution in [2.45, 2.75) is 49.8 Å². The average molecular weight is 447 g/mol. The normalized spacial score (nSPS) is 27.9. The van der Waals surface area contributed by atoms with Crippen molar-refractivity contribution in [1.82, 2.24) is 30.0 Å². The summed E-state index contributed by atoms with van der Waals surface area (Å²) in [4.78, 5) is 26.7. The van der Waals surface area contributed by atoms with Crippen LogP contribution >= 0.6 is 0 Å². The quantitative estimate of drug-likeness (QED) is 0.560. The van der Waals surface area contributed by atoms with Crippen molar-refractivity contribution in [3.8, 4) is 0 Å². The Balaban J connectivity index is 1.49. The molecule has 32 heavy (non-hydrogen) atoms. The first-order valence-corrected chi connectivity index (χ1v) is 10.2. The number of halogens is 3. The highest BCUT2D eigenvalue weighted by molar-refractivity contribution is 6.07. The molecule has 1 amide bonds. The van der Waals surface area contributed by atoms with E-state index in [0.717, 1.165) is 6.20 Å². The molecule has 0 aromatic carbocycles. The first-order valence-electron chi connectivity index (χ1n) is 10.2. The summed E-state index contributed by atoms with van der Waals surface area (Å²) in [7, 11) is 0. The van der Waals surface area contributed by atoms with E-state index in [1.807, 2.05) is 0 Å². The zero-order chi connectivity index (χ0) is 22.4. The molecule has 12 heteroatoms. The van der Waals surface area contributed by atoms with Crippen molar-refractivity contribution >= 4 is 22.8 Å². The molecule has 1 saturated carbocycles. The van der Waals surface area contributed by atoms with Crippen molar-refractivity contribution in [3.63, 3.8) is 0 Å². The lowest BCUT2D eigenvalue weighted by atomic mass is 10.1. The number of carbonyl (C=O) groups is 1. The van der Waals surface area contributed by atoms with Crippen LogP contribution in [0.5, 0.6) is 0 Å². The fraction of sp³-hybridized carbons (Fsp3) is 0.450. The predicted octanol–water partition coefficient (Wildman–Crippen LogP) is 2.09. The average Bonchev–Trinajstić information content (AvgIpc) is 3.45. The molecule has 3 aromatic rings. The van der Waals surface area contributed by atoms with Gasteiger partial charge in [-0.15, -0.1) is 0 Å². The number of carbonyl (C=O) groups excluding carboxylic acids is 1. The molecule has 0 spiro atoms. The molecule has 1 saturated heterocycles. The number of rotatable bonds is 4. The Morgan fingerprint density at radius 3 is 2.78 bits per heavy atom. The van der Waals surface area contributed by atoms with Gasteiger partial charge in [-0.25, -0.2) is 23.1 Å². The monoisotopic (exact) mass is 447 g/mol. The number of likely N-dealkylation sites (tertiary alicyclic amines) is 1. The molecule has 9 nitrogen and oxygen atoms in total. The Bertz CT molecular complexity index is 1160. The number of alkyl halides is 2. The number of amides is 1. The molecule has 168 valence electrons. The summed E-state index contributed by atoms with van der Waals surface area (Å²) < 4.78 is 41.7. The minimum absolute atomic E-state index is 0.00694. The third-order valence-corrected chi connectivity index (χ3v) is 5.98. The number of hydrogen-bond acceptors (Lipinski definition) is 7. The minimum atomic E-state index is -1.29. The van der Waals surface area contributed by atoms with Crippen LogP contribution in [0.15, 0.2) is 24.8 Å². The van der Waals surface area contributed by atoms with Crippen LogP contribution in [0.2, 0.25) is 0 Å². The second kappa shape index (κ2) is 8.01. The molecule has 2 fully saturated rings. The summed E-state index contributed by atoms with van der Waals surface area (Å²) in [6, 6.07) is -0.0737.